The number of nitrogen functional groups attached to an aromatic ring is 1. The summed E-state index contributed by atoms with van der Waals surface area (Å²) in [6.07, 6.45) is 0. The molecule has 1 aromatic heterocycles. The fraction of sp³-hybridized carbons (Fsp3) is 0.167. The van der Waals surface area contributed by atoms with Crippen LogP contribution in [0.25, 0.3) is 0 Å². The average molecular weight is 265 g/mol. The number of rotatable bonds is 3. The van der Waals surface area contributed by atoms with Crippen LogP contribution >= 0.6 is 11.6 Å². The van der Waals surface area contributed by atoms with Gasteiger partial charge in [-0.2, -0.15) is 5.10 Å². The molecule has 0 bridgehead atoms. The highest BCUT2D eigenvalue weighted by Gasteiger charge is 2.08. The molecular formula is C12H13ClN4O. The normalized spacial score (nSPS) is 10.4. The summed E-state index contributed by atoms with van der Waals surface area (Å²) in [5.41, 5.74) is 6.75. The maximum atomic E-state index is 7.34. The molecule has 0 saturated carbocycles. The lowest BCUT2D eigenvalue weighted by molar-refractivity contribution is 0.430. The Morgan fingerprint density at radius 3 is 2.67 bits per heavy atom. The summed E-state index contributed by atoms with van der Waals surface area (Å²) in [4.78, 5) is 0. The van der Waals surface area contributed by atoms with Gasteiger partial charge < -0.3 is 10.5 Å². The predicted octanol–water partition coefficient (Wildman–Crippen LogP) is 2.46. The second-order valence-electron chi connectivity index (χ2n) is 3.90. The molecule has 3 N–H and O–H groups in total. The van der Waals surface area contributed by atoms with Crippen molar-refractivity contribution in [3.8, 4) is 11.6 Å². The van der Waals surface area contributed by atoms with E-state index in [0.717, 1.165) is 5.69 Å². The minimum absolute atomic E-state index is 0.0667. The van der Waals surface area contributed by atoms with E-state index in [2.05, 4.69) is 5.10 Å². The minimum Gasteiger partial charge on any atom is -0.439 e. The van der Waals surface area contributed by atoms with Gasteiger partial charge in [-0.05, 0) is 19.1 Å². The number of nitrogens with one attached hydrogen (secondary N) is 1. The molecule has 0 spiro atoms. The zero-order valence-electron chi connectivity index (χ0n) is 10.1. The molecule has 0 fully saturated rings. The molecule has 5 nitrogen and oxygen atoms in total. The topological polar surface area (TPSA) is 76.9 Å². The molecule has 2 aromatic rings. The highest BCUT2D eigenvalue weighted by molar-refractivity contribution is 6.34. The van der Waals surface area contributed by atoms with Crippen LogP contribution in [0.3, 0.4) is 0 Å². The maximum absolute atomic E-state index is 7.34. The molecule has 0 aliphatic carbocycles. The zero-order valence-corrected chi connectivity index (χ0v) is 10.8. The Labute approximate surface area is 110 Å². The zero-order chi connectivity index (χ0) is 13.3. The van der Waals surface area contributed by atoms with E-state index in [-0.39, 0.29) is 5.84 Å². The molecular weight excluding hydrogens is 252 g/mol. The van der Waals surface area contributed by atoms with Crippen molar-refractivity contribution in [1.29, 1.82) is 5.41 Å². The van der Waals surface area contributed by atoms with E-state index in [9.17, 15) is 0 Å². The van der Waals surface area contributed by atoms with Crippen molar-refractivity contribution in [2.75, 3.05) is 0 Å². The van der Waals surface area contributed by atoms with E-state index >= 15 is 0 Å². The molecule has 1 heterocycles. The van der Waals surface area contributed by atoms with Crippen molar-refractivity contribution in [1.82, 2.24) is 9.78 Å². The van der Waals surface area contributed by atoms with Gasteiger partial charge in [-0.3, -0.25) is 5.41 Å². The SMILES string of the molecule is Cc1cc(Oc2ccc(C(=N)N)c(Cl)c2)n(C)n1. The van der Waals surface area contributed by atoms with Crippen LogP contribution in [0.4, 0.5) is 0 Å². The molecule has 18 heavy (non-hydrogen) atoms. The molecule has 0 atom stereocenters. The van der Waals surface area contributed by atoms with Crippen LogP contribution in [0, 0.1) is 12.3 Å². The van der Waals surface area contributed by atoms with Gasteiger partial charge in [0, 0.05) is 24.7 Å². The molecule has 2 rings (SSSR count). The number of hydrogen-bond acceptors (Lipinski definition) is 3. The number of benzene rings is 1. The van der Waals surface area contributed by atoms with Gasteiger partial charge in [0.1, 0.15) is 11.6 Å². The van der Waals surface area contributed by atoms with Crippen molar-refractivity contribution >= 4 is 17.4 Å². The number of nitrogens with two attached hydrogens (primary N) is 1. The summed E-state index contributed by atoms with van der Waals surface area (Å²) < 4.78 is 7.29. The van der Waals surface area contributed by atoms with Crippen molar-refractivity contribution < 1.29 is 4.74 Å². The molecule has 0 amide bonds. The van der Waals surface area contributed by atoms with Gasteiger partial charge in [0.05, 0.1) is 10.7 Å². The highest BCUT2D eigenvalue weighted by Crippen LogP contribution is 2.26. The number of aromatic nitrogens is 2. The number of halogens is 1. The van der Waals surface area contributed by atoms with Crippen LogP contribution in [0.15, 0.2) is 24.3 Å². The van der Waals surface area contributed by atoms with Crippen molar-refractivity contribution in [2.45, 2.75) is 6.92 Å². The Kier molecular flexibility index (Phi) is 3.25. The quantitative estimate of drug-likeness (QED) is 0.660. The second kappa shape index (κ2) is 4.70. The first kappa shape index (κ1) is 12.4. The minimum atomic E-state index is -0.0667. The molecule has 0 unspecified atom stereocenters. The Balaban J connectivity index is 2.28. The third kappa shape index (κ3) is 2.46. The van der Waals surface area contributed by atoms with Crippen LogP contribution in [0.2, 0.25) is 5.02 Å². The first-order chi connectivity index (χ1) is 8.47. The van der Waals surface area contributed by atoms with Gasteiger partial charge in [-0.1, -0.05) is 11.6 Å². The first-order valence-electron chi connectivity index (χ1n) is 5.30. The van der Waals surface area contributed by atoms with E-state index in [1.54, 1.807) is 29.9 Å². The van der Waals surface area contributed by atoms with Crippen LogP contribution in [0.5, 0.6) is 11.6 Å². The van der Waals surface area contributed by atoms with Gasteiger partial charge in [-0.15, -0.1) is 0 Å². The highest BCUT2D eigenvalue weighted by atomic mass is 35.5. The standard InChI is InChI=1S/C12H13ClN4O/c1-7-5-11(17(2)16-7)18-8-3-4-9(12(14)15)10(13)6-8/h3-6H,1-2H3,(H3,14,15). The molecule has 94 valence electrons. The van der Waals surface area contributed by atoms with E-state index in [1.807, 2.05) is 13.0 Å². The maximum Gasteiger partial charge on any atom is 0.217 e. The lowest BCUT2D eigenvalue weighted by Gasteiger charge is -2.07. The van der Waals surface area contributed by atoms with E-state index in [4.69, 9.17) is 27.5 Å². The van der Waals surface area contributed by atoms with E-state index < -0.39 is 0 Å². The monoisotopic (exact) mass is 264 g/mol. The Bertz CT molecular complexity index is 606. The number of nitrogens with zero attached hydrogens (tertiary/aromatic N) is 2. The molecule has 0 saturated heterocycles. The molecule has 0 radical (unpaired) electrons. The summed E-state index contributed by atoms with van der Waals surface area (Å²) in [5, 5.41) is 11.9. The molecule has 1 aromatic carbocycles. The molecule has 6 heteroatoms. The third-order valence-corrected chi connectivity index (χ3v) is 2.72. The number of aryl methyl sites for hydroxylation is 2. The Morgan fingerprint density at radius 1 is 1.44 bits per heavy atom. The van der Waals surface area contributed by atoms with E-state index in [1.165, 1.54) is 0 Å². The van der Waals surface area contributed by atoms with Crippen LogP contribution in [-0.2, 0) is 7.05 Å². The largest absolute Gasteiger partial charge is 0.439 e. The van der Waals surface area contributed by atoms with Gasteiger partial charge in [0.2, 0.25) is 5.88 Å². The Morgan fingerprint density at radius 2 is 2.17 bits per heavy atom. The number of ether oxygens (including phenoxy) is 1. The van der Waals surface area contributed by atoms with Gasteiger partial charge in [0.15, 0.2) is 0 Å². The van der Waals surface area contributed by atoms with Crippen LogP contribution in [-0.4, -0.2) is 15.6 Å². The smallest absolute Gasteiger partial charge is 0.217 e. The van der Waals surface area contributed by atoms with Crippen molar-refractivity contribution in [2.24, 2.45) is 12.8 Å². The summed E-state index contributed by atoms with van der Waals surface area (Å²) >= 11 is 6.01. The lowest BCUT2D eigenvalue weighted by Crippen LogP contribution is -2.11. The average Bonchev–Trinajstić information content (AvgIpc) is 2.57. The van der Waals surface area contributed by atoms with Gasteiger partial charge in [-0.25, -0.2) is 4.68 Å². The van der Waals surface area contributed by atoms with Crippen LogP contribution in [0.1, 0.15) is 11.3 Å². The summed E-state index contributed by atoms with van der Waals surface area (Å²) in [6, 6.07) is 6.82. The van der Waals surface area contributed by atoms with Gasteiger partial charge in [0.25, 0.3) is 0 Å². The lowest BCUT2D eigenvalue weighted by atomic mass is 10.2. The third-order valence-electron chi connectivity index (χ3n) is 2.41. The van der Waals surface area contributed by atoms with E-state index in [0.29, 0.717) is 22.2 Å². The van der Waals surface area contributed by atoms with Crippen LogP contribution < -0.4 is 10.5 Å². The van der Waals surface area contributed by atoms with Crippen molar-refractivity contribution in [3.05, 3.63) is 40.5 Å². The first-order valence-corrected chi connectivity index (χ1v) is 5.67. The van der Waals surface area contributed by atoms with Crippen molar-refractivity contribution in [3.63, 3.8) is 0 Å². The molecule has 0 aliphatic heterocycles. The molecule has 0 aliphatic rings. The summed E-state index contributed by atoms with van der Waals surface area (Å²) in [7, 11) is 1.80. The predicted molar refractivity (Wildman–Crippen MR) is 70.5 cm³/mol. The Hall–Kier alpha value is -2.01. The number of hydrogen-bond donors (Lipinski definition) is 2. The summed E-state index contributed by atoms with van der Waals surface area (Å²) in [6.45, 7) is 1.89. The second-order valence-corrected chi connectivity index (χ2v) is 4.31. The fourth-order valence-corrected chi connectivity index (χ4v) is 1.85. The number of amidine groups is 1. The fourth-order valence-electron chi connectivity index (χ4n) is 1.58. The van der Waals surface area contributed by atoms with Gasteiger partial charge >= 0.3 is 0 Å². The summed E-state index contributed by atoms with van der Waals surface area (Å²) in [5.74, 6) is 1.13.